The first-order chi connectivity index (χ1) is 14.0. The van der Waals surface area contributed by atoms with Gasteiger partial charge in [-0.15, -0.1) is 0 Å². The summed E-state index contributed by atoms with van der Waals surface area (Å²) in [6.45, 7) is 3.99. The summed E-state index contributed by atoms with van der Waals surface area (Å²) < 4.78 is 1.39. The lowest BCUT2D eigenvalue weighted by molar-refractivity contribution is -0.143. The van der Waals surface area contributed by atoms with Crippen molar-refractivity contribution in [3.05, 3.63) is 63.6 Å². The Morgan fingerprint density at radius 2 is 2.10 bits per heavy atom. The van der Waals surface area contributed by atoms with Crippen LogP contribution >= 0.6 is 0 Å². The number of carbonyl (C=O) groups is 1. The number of amides is 1. The molecule has 0 unspecified atom stereocenters. The summed E-state index contributed by atoms with van der Waals surface area (Å²) in [5, 5.41) is 4.39. The Labute approximate surface area is 171 Å². The monoisotopic (exact) mass is 392 g/mol. The Bertz CT molecular complexity index is 986. The van der Waals surface area contributed by atoms with Crippen LogP contribution < -0.4 is 5.56 Å². The molecule has 5 rings (SSSR count). The Balaban J connectivity index is 1.35. The Morgan fingerprint density at radius 3 is 2.93 bits per heavy atom. The van der Waals surface area contributed by atoms with Crippen molar-refractivity contribution >= 4 is 5.91 Å². The van der Waals surface area contributed by atoms with E-state index in [4.69, 9.17) is 0 Å². The van der Waals surface area contributed by atoms with Gasteiger partial charge < -0.3 is 4.90 Å². The third-order valence-corrected chi connectivity index (χ3v) is 7.14. The van der Waals surface area contributed by atoms with Crippen LogP contribution in [0.2, 0.25) is 0 Å². The standard InChI is InChI=1S/C23H28N4O2/c1-25-21(28)12-18-14-27(11-9-20(18)24-25)22(29)23-10-5-8-19(23)15-26(16-23)13-17-6-3-2-4-7-17/h2-4,6-7,12,19H,5,8-11,13-16H2,1H3/t19-,23-/m1/s1. The van der Waals surface area contributed by atoms with Gasteiger partial charge in [-0.05, 0) is 24.3 Å². The fraction of sp³-hybridized carbons (Fsp3) is 0.522. The number of aromatic nitrogens is 2. The number of hydrogen-bond acceptors (Lipinski definition) is 4. The molecule has 2 fully saturated rings. The van der Waals surface area contributed by atoms with Crippen LogP contribution in [0.25, 0.3) is 0 Å². The summed E-state index contributed by atoms with van der Waals surface area (Å²) in [4.78, 5) is 30.2. The van der Waals surface area contributed by atoms with E-state index in [9.17, 15) is 9.59 Å². The average molecular weight is 393 g/mol. The second-order valence-electron chi connectivity index (χ2n) is 8.96. The molecule has 0 spiro atoms. The Morgan fingerprint density at radius 1 is 1.28 bits per heavy atom. The summed E-state index contributed by atoms with van der Waals surface area (Å²) >= 11 is 0. The molecule has 6 heteroatoms. The van der Waals surface area contributed by atoms with Crippen molar-refractivity contribution in [1.29, 1.82) is 0 Å². The molecular formula is C23H28N4O2. The molecule has 2 aliphatic heterocycles. The zero-order chi connectivity index (χ0) is 20.0. The van der Waals surface area contributed by atoms with Crippen molar-refractivity contribution in [3.63, 3.8) is 0 Å². The molecule has 2 atom stereocenters. The van der Waals surface area contributed by atoms with Crippen molar-refractivity contribution < 1.29 is 4.79 Å². The molecule has 0 bridgehead atoms. The van der Waals surface area contributed by atoms with Crippen LogP contribution in [0.4, 0.5) is 0 Å². The van der Waals surface area contributed by atoms with Gasteiger partial charge >= 0.3 is 0 Å². The van der Waals surface area contributed by atoms with E-state index in [1.165, 1.54) is 10.2 Å². The lowest BCUT2D eigenvalue weighted by Gasteiger charge is -2.37. The van der Waals surface area contributed by atoms with Crippen LogP contribution in [0.1, 0.15) is 36.1 Å². The topological polar surface area (TPSA) is 58.4 Å². The average Bonchev–Trinajstić information content (AvgIpc) is 3.26. The first kappa shape index (κ1) is 18.6. The summed E-state index contributed by atoms with van der Waals surface area (Å²) in [7, 11) is 1.68. The maximum absolute atomic E-state index is 13.8. The fourth-order valence-electron chi connectivity index (χ4n) is 5.69. The molecule has 1 saturated heterocycles. The van der Waals surface area contributed by atoms with E-state index in [1.807, 2.05) is 11.0 Å². The smallest absolute Gasteiger partial charge is 0.266 e. The largest absolute Gasteiger partial charge is 0.337 e. The van der Waals surface area contributed by atoms with Crippen molar-refractivity contribution in [2.75, 3.05) is 19.6 Å². The van der Waals surface area contributed by atoms with Crippen molar-refractivity contribution in [2.24, 2.45) is 18.4 Å². The van der Waals surface area contributed by atoms with Crippen molar-refractivity contribution in [3.8, 4) is 0 Å². The predicted molar refractivity (Wildman–Crippen MR) is 110 cm³/mol. The normalized spacial score (nSPS) is 26.4. The highest BCUT2D eigenvalue weighted by atomic mass is 16.2. The van der Waals surface area contributed by atoms with Crippen LogP contribution in [0, 0.1) is 11.3 Å². The number of hydrogen-bond donors (Lipinski definition) is 0. The third-order valence-electron chi connectivity index (χ3n) is 7.14. The lowest BCUT2D eigenvalue weighted by Crippen LogP contribution is -2.48. The molecule has 1 aromatic carbocycles. The minimum Gasteiger partial charge on any atom is -0.337 e. The molecular weight excluding hydrogens is 364 g/mol. The van der Waals surface area contributed by atoms with E-state index in [-0.39, 0.29) is 11.0 Å². The molecule has 1 saturated carbocycles. The number of rotatable bonds is 3. The van der Waals surface area contributed by atoms with Gasteiger partial charge in [-0.1, -0.05) is 36.8 Å². The molecule has 3 aliphatic rings. The molecule has 0 radical (unpaired) electrons. The van der Waals surface area contributed by atoms with Crippen LogP contribution in [0.3, 0.4) is 0 Å². The Kier molecular flexibility index (Phi) is 4.54. The first-order valence-corrected chi connectivity index (χ1v) is 10.7. The third kappa shape index (κ3) is 3.19. The van der Waals surface area contributed by atoms with Crippen molar-refractivity contribution in [1.82, 2.24) is 19.6 Å². The highest BCUT2D eigenvalue weighted by Crippen LogP contribution is 2.50. The second kappa shape index (κ2) is 7.10. The number of fused-ring (bicyclic) bond motifs is 2. The van der Waals surface area contributed by atoms with Crippen LogP contribution in [0.5, 0.6) is 0 Å². The maximum atomic E-state index is 13.8. The lowest BCUT2D eigenvalue weighted by atomic mass is 9.79. The van der Waals surface area contributed by atoms with E-state index >= 15 is 0 Å². The summed E-state index contributed by atoms with van der Waals surface area (Å²) in [6, 6.07) is 12.2. The summed E-state index contributed by atoms with van der Waals surface area (Å²) in [5.41, 5.74) is 2.82. The zero-order valence-electron chi connectivity index (χ0n) is 17.0. The SMILES string of the molecule is Cn1nc2c(cc1=O)CN(C(=O)[C@@]13CCC[C@@H]1CN(Cc1ccccc1)C3)CC2. The quantitative estimate of drug-likeness (QED) is 0.801. The maximum Gasteiger partial charge on any atom is 0.266 e. The predicted octanol–water partition coefficient (Wildman–Crippen LogP) is 1.97. The summed E-state index contributed by atoms with van der Waals surface area (Å²) in [5.74, 6) is 0.740. The number of aryl methyl sites for hydroxylation is 1. The summed E-state index contributed by atoms with van der Waals surface area (Å²) in [6.07, 6.45) is 4.00. The minimum atomic E-state index is -0.251. The number of benzene rings is 1. The number of nitrogens with zero attached hydrogens (tertiary/aromatic N) is 4. The van der Waals surface area contributed by atoms with Gasteiger partial charge in [0.25, 0.3) is 5.56 Å². The molecule has 1 aliphatic carbocycles. The highest BCUT2D eigenvalue weighted by molar-refractivity contribution is 5.84. The van der Waals surface area contributed by atoms with E-state index in [1.54, 1.807) is 13.1 Å². The van der Waals surface area contributed by atoms with Gasteiger partial charge in [0.1, 0.15) is 0 Å². The molecule has 2 aromatic rings. The molecule has 29 heavy (non-hydrogen) atoms. The molecule has 6 nitrogen and oxygen atoms in total. The molecule has 152 valence electrons. The van der Waals surface area contributed by atoms with E-state index in [0.717, 1.165) is 56.6 Å². The van der Waals surface area contributed by atoms with E-state index < -0.39 is 0 Å². The molecule has 3 heterocycles. The molecule has 1 aromatic heterocycles. The second-order valence-corrected chi connectivity index (χ2v) is 8.96. The van der Waals surface area contributed by atoms with Crippen LogP contribution in [-0.4, -0.2) is 45.1 Å². The van der Waals surface area contributed by atoms with Gasteiger partial charge in [0.15, 0.2) is 0 Å². The number of carbonyl (C=O) groups excluding carboxylic acids is 1. The van der Waals surface area contributed by atoms with Crippen LogP contribution in [0.15, 0.2) is 41.2 Å². The van der Waals surface area contributed by atoms with Gasteiger partial charge in [0, 0.05) is 57.8 Å². The van der Waals surface area contributed by atoms with Crippen LogP contribution in [-0.2, 0) is 31.4 Å². The van der Waals surface area contributed by atoms with Gasteiger partial charge in [-0.25, -0.2) is 4.68 Å². The highest BCUT2D eigenvalue weighted by Gasteiger charge is 2.55. The minimum absolute atomic E-state index is 0.107. The first-order valence-electron chi connectivity index (χ1n) is 10.7. The van der Waals surface area contributed by atoms with E-state index in [2.05, 4.69) is 34.3 Å². The number of likely N-dealkylation sites (tertiary alicyclic amines) is 1. The van der Waals surface area contributed by atoms with Gasteiger partial charge in [0.05, 0.1) is 11.1 Å². The van der Waals surface area contributed by atoms with Crippen molar-refractivity contribution in [2.45, 2.75) is 38.8 Å². The van der Waals surface area contributed by atoms with Gasteiger partial charge in [-0.3, -0.25) is 14.5 Å². The van der Waals surface area contributed by atoms with Gasteiger partial charge in [0.2, 0.25) is 5.91 Å². The van der Waals surface area contributed by atoms with Gasteiger partial charge in [-0.2, -0.15) is 5.10 Å². The zero-order valence-corrected chi connectivity index (χ0v) is 17.0. The fourth-order valence-corrected chi connectivity index (χ4v) is 5.69. The molecule has 0 N–H and O–H groups in total. The Hall–Kier alpha value is -2.47. The van der Waals surface area contributed by atoms with E-state index in [0.29, 0.717) is 24.9 Å². The molecule has 1 amide bonds.